The minimum absolute atomic E-state index is 0.0765. The van der Waals surface area contributed by atoms with Crippen LogP contribution in [0, 0.1) is 19.7 Å². The zero-order valence-electron chi connectivity index (χ0n) is 14.5. The van der Waals surface area contributed by atoms with Crippen molar-refractivity contribution < 1.29 is 17.2 Å². The molecule has 6 nitrogen and oxygen atoms in total. The van der Waals surface area contributed by atoms with Crippen LogP contribution in [0.15, 0.2) is 53.1 Å². The Morgan fingerprint density at radius 3 is 2.65 bits per heavy atom. The number of hydrogen-bond donors (Lipinski definition) is 1. The van der Waals surface area contributed by atoms with E-state index in [2.05, 4.69) is 9.82 Å². The van der Waals surface area contributed by atoms with Gasteiger partial charge in [-0.3, -0.25) is 4.68 Å². The molecular formula is C18H20FN3O3S. The third-order valence-electron chi connectivity index (χ3n) is 3.95. The summed E-state index contributed by atoms with van der Waals surface area (Å²) in [6.07, 6.45) is 1.54. The lowest BCUT2D eigenvalue weighted by atomic mass is 10.2. The summed E-state index contributed by atoms with van der Waals surface area (Å²) in [5.74, 6) is -0.161. The second-order valence-corrected chi connectivity index (χ2v) is 7.95. The van der Waals surface area contributed by atoms with Crippen LogP contribution in [-0.2, 0) is 15.8 Å². The summed E-state index contributed by atoms with van der Waals surface area (Å²) >= 11 is 0. The van der Waals surface area contributed by atoms with E-state index in [9.17, 15) is 12.8 Å². The minimum atomic E-state index is -3.65. The van der Waals surface area contributed by atoms with E-state index in [1.54, 1.807) is 22.9 Å². The van der Waals surface area contributed by atoms with E-state index in [4.69, 9.17) is 4.42 Å². The lowest BCUT2D eigenvalue weighted by molar-refractivity contribution is 0.396. The number of halogens is 1. The largest absolute Gasteiger partial charge is 0.467 e. The normalized spacial score (nSPS) is 13.0. The Morgan fingerprint density at radius 1 is 1.23 bits per heavy atom. The lowest BCUT2D eigenvalue weighted by Gasteiger charge is -2.18. The standard InChI is InChI=1S/C18H20FN3O3S/c1-13-9-14(2)22(21-13)17(18-7-4-8-25-18)11-20-26(23,24)12-15-5-3-6-16(19)10-15/h3-10,17,20H,11-12H2,1-2H3. The minimum Gasteiger partial charge on any atom is -0.467 e. The second kappa shape index (κ2) is 7.43. The van der Waals surface area contributed by atoms with Gasteiger partial charge in [0.05, 0.1) is 17.7 Å². The van der Waals surface area contributed by atoms with Gasteiger partial charge in [-0.1, -0.05) is 12.1 Å². The molecule has 138 valence electrons. The molecule has 26 heavy (non-hydrogen) atoms. The summed E-state index contributed by atoms with van der Waals surface area (Å²) < 4.78 is 47.9. The van der Waals surface area contributed by atoms with Crippen molar-refractivity contribution in [3.63, 3.8) is 0 Å². The summed E-state index contributed by atoms with van der Waals surface area (Å²) in [5.41, 5.74) is 2.12. The number of aryl methyl sites for hydroxylation is 2. The number of sulfonamides is 1. The predicted octanol–water partition coefficient (Wildman–Crippen LogP) is 2.94. The maximum absolute atomic E-state index is 13.3. The van der Waals surface area contributed by atoms with Crippen LogP contribution in [-0.4, -0.2) is 24.7 Å². The average Bonchev–Trinajstić information content (AvgIpc) is 3.18. The molecule has 0 saturated carbocycles. The van der Waals surface area contributed by atoms with Crippen molar-refractivity contribution in [2.45, 2.75) is 25.6 Å². The molecule has 0 aliphatic rings. The van der Waals surface area contributed by atoms with Gasteiger partial charge in [-0.05, 0) is 49.7 Å². The van der Waals surface area contributed by atoms with E-state index in [1.807, 2.05) is 19.9 Å². The number of hydrogen-bond acceptors (Lipinski definition) is 4. The van der Waals surface area contributed by atoms with Gasteiger partial charge in [-0.2, -0.15) is 5.10 Å². The number of nitrogens with one attached hydrogen (secondary N) is 1. The molecule has 0 aliphatic carbocycles. The Labute approximate surface area is 151 Å². The van der Waals surface area contributed by atoms with Gasteiger partial charge in [0.1, 0.15) is 17.6 Å². The van der Waals surface area contributed by atoms with Crippen molar-refractivity contribution in [1.29, 1.82) is 0 Å². The first-order valence-corrected chi connectivity index (χ1v) is 9.77. The SMILES string of the molecule is Cc1cc(C)n(C(CNS(=O)(=O)Cc2cccc(F)c2)c2ccco2)n1. The molecule has 0 amide bonds. The van der Waals surface area contributed by atoms with Gasteiger partial charge in [0.2, 0.25) is 10.0 Å². The molecule has 0 spiro atoms. The van der Waals surface area contributed by atoms with Crippen LogP contribution in [0.3, 0.4) is 0 Å². The van der Waals surface area contributed by atoms with E-state index in [1.165, 1.54) is 24.5 Å². The zero-order valence-corrected chi connectivity index (χ0v) is 15.3. The molecule has 0 bridgehead atoms. The highest BCUT2D eigenvalue weighted by Gasteiger charge is 2.22. The summed E-state index contributed by atoms with van der Waals surface area (Å²) in [6, 6.07) is 10.6. The molecule has 3 rings (SSSR count). The van der Waals surface area contributed by atoms with Gasteiger partial charge in [-0.15, -0.1) is 0 Å². The molecule has 3 aromatic rings. The molecule has 2 heterocycles. The van der Waals surface area contributed by atoms with Gasteiger partial charge in [0.15, 0.2) is 0 Å². The number of aromatic nitrogens is 2. The molecule has 1 atom stereocenters. The van der Waals surface area contributed by atoms with Crippen LogP contribution in [0.5, 0.6) is 0 Å². The van der Waals surface area contributed by atoms with E-state index >= 15 is 0 Å². The first-order chi connectivity index (χ1) is 12.3. The summed E-state index contributed by atoms with van der Waals surface area (Å²) in [5, 5.41) is 4.44. The first-order valence-electron chi connectivity index (χ1n) is 8.12. The van der Waals surface area contributed by atoms with Gasteiger partial charge >= 0.3 is 0 Å². The van der Waals surface area contributed by atoms with Crippen LogP contribution < -0.4 is 4.72 Å². The van der Waals surface area contributed by atoms with Gasteiger partial charge < -0.3 is 4.42 Å². The zero-order chi connectivity index (χ0) is 18.7. The highest BCUT2D eigenvalue weighted by molar-refractivity contribution is 7.88. The molecule has 0 fully saturated rings. The van der Waals surface area contributed by atoms with Crippen molar-refractivity contribution in [1.82, 2.24) is 14.5 Å². The van der Waals surface area contributed by atoms with Crippen molar-refractivity contribution in [3.05, 3.63) is 77.3 Å². The van der Waals surface area contributed by atoms with Crippen LogP contribution in [0.1, 0.15) is 28.8 Å². The molecule has 1 aromatic carbocycles. The second-order valence-electron chi connectivity index (χ2n) is 6.14. The Balaban J connectivity index is 1.78. The van der Waals surface area contributed by atoms with Crippen LogP contribution in [0.25, 0.3) is 0 Å². The Bertz CT molecular complexity index is 981. The quantitative estimate of drug-likeness (QED) is 0.687. The number of nitrogens with zero attached hydrogens (tertiary/aromatic N) is 2. The Morgan fingerprint density at radius 2 is 2.04 bits per heavy atom. The third-order valence-corrected chi connectivity index (χ3v) is 5.27. The average molecular weight is 377 g/mol. The molecule has 2 aromatic heterocycles. The fourth-order valence-electron chi connectivity index (χ4n) is 2.85. The first kappa shape index (κ1) is 18.3. The molecule has 1 unspecified atom stereocenters. The van der Waals surface area contributed by atoms with Crippen LogP contribution in [0.2, 0.25) is 0 Å². The van der Waals surface area contributed by atoms with E-state index in [0.717, 1.165) is 11.4 Å². The fraction of sp³-hybridized carbons (Fsp3) is 0.278. The molecule has 0 radical (unpaired) electrons. The number of benzene rings is 1. The highest BCUT2D eigenvalue weighted by Crippen LogP contribution is 2.21. The monoisotopic (exact) mass is 377 g/mol. The highest BCUT2D eigenvalue weighted by atomic mass is 32.2. The lowest BCUT2D eigenvalue weighted by Crippen LogP contribution is -2.33. The molecule has 1 N–H and O–H groups in total. The Kier molecular flexibility index (Phi) is 5.24. The van der Waals surface area contributed by atoms with E-state index in [0.29, 0.717) is 11.3 Å². The maximum atomic E-state index is 13.3. The number of rotatable bonds is 7. The van der Waals surface area contributed by atoms with Crippen LogP contribution >= 0.6 is 0 Å². The third kappa shape index (κ3) is 4.39. The van der Waals surface area contributed by atoms with Crippen molar-refractivity contribution in [2.24, 2.45) is 0 Å². The fourth-order valence-corrected chi connectivity index (χ4v) is 3.99. The van der Waals surface area contributed by atoms with Crippen molar-refractivity contribution >= 4 is 10.0 Å². The number of furan rings is 1. The van der Waals surface area contributed by atoms with Gasteiger partial charge in [0.25, 0.3) is 0 Å². The van der Waals surface area contributed by atoms with E-state index in [-0.39, 0.29) is 12.3 Å². The van der Waals surface area contributed by atoms with Crippen molar-refractivity contribution in [3.8, 4) is 0 Å². The van der Waals surface area contributed by atoms with E-state index < -0.39 is 21.9 Å². The summed E-state index contributed by atoms with van der Waals surface area (Å²) in [6.45, 7) is 3.85. The summed E-state index contributed by atoms with van der Waals surface area (Å²) in [4.78, 5) is 0. The van der Waals surface area contributed by atoms with Crippen molar-refractivity contribution in [2.75, 3.05) is 6.54 Å². The summed E-state index contributed by atoms with van der Waals surface area (Å²) in [7, 11) is -3.65. The van der Waals surface area contributed by atoms with Crippen LogP contribution in [0.4, 0.5) is 4.39 Å². The smallest absolute Gasteiger partial charge is 0.215 e. The maximum Gasteiger partial charge on any atom is 0.215 e. The van der Waals surface area contributed by atoms with Gasteiger partial charge in [0, 0.05) is 12.2 Å². The Hall–Kier alpha value is -2.45. The molecule has 0 aliphatic heterocycles. The van der Waals surface area contributed by atoms with Gasteiger partial charge in [-0.25, -0.2) is 17.5 Å². The molecule has 8 heteroatoms. The molecule has 0 saturated heterocycles. The molecular weight excluding hydrogens is 357 g/mol. The predicted molar refractivity (Wildman–Crippen MR) is 95.6 cm³/mol. The topological polar surface area (TPSA) is 77.1 Å².